The summed E-state index contributed by atoms with van der Waals surface area (Å²) in [7, 11) is 0. The predicted octanol–water partition coefficient (Wildman–Crippen LogP) is 4.99. The van der Waals surface area contributed by atoms with Crippen LogP contribution < -0.4 is 10.2 Å². The van der Waals surface area contributed by atoms with Gasteiger partial charge in [-0.3, -0.25) is 14.5 Å². The third kappa shape index (κ3) is 4.85. The molecule has 0 saturated carbocycles. The predicted molar refractivity (Wildman–Crippen MR) is 134 cm³/mol. The maximum atomic E-state index is 13.2. The van der Waals surface area contributed by atoms with Gasteiger partial charge >= 0.3 is 6.18 Å². The lowest BCUT2D eigenvalue weighted by Crippen LogP contribution is -2.45. The van der Waals surface area contributed by atoms with Crippen LogP contribution in [0.2, 0.25) is 0 Å². The molecule has 198 valence electrons. The number of carbonyl (C=O) groups excluding carboxylic acids is 2. The Hall–Kier alpha value is -3.86. The van der Waals surface area contributed by atoms with E-state index in [4.69, 9.17) is 4.74 Å². The second kappa shape index (κ2) is 10.1. The van der Waals surface area contributed by atoms with Crippen LogP contribution in [0, 0.1) is 12.8 Å². The molecule has 1 aromatic carbocycles. The molecule has 2 aliphatic heterocycles. The SMILES string of the molecule is CCN1C(=O)[C@@H]2COCCC[C@H]2c2cc(-c3cc(NC(=O)c4cnnc(C(F)(F)F)c4)ccc3C)cnc21. The van der Waals surface area contributed by atoms with E-state index in [2.05, 4.69) is 26.6 Å². The molecule has 0 spiro atoms. The maximum Gasteiger partial charge on any atom is 0.435 e. The van der Waals surface area contributed by atoms with Crippen molar-refractivity contribution in [3.05, 3.63) is 65.1 Å². The first-order valence-electron chi connectivity index (χ1n) is 12.4. The molecule has 2 aliphatic rings. The van der Waals surface area contributed by atoms with Gasteiger partial charge in [0.15, 0.2) is 5.69 Å². The molecule has 2 amide bonds. The van der Waals surface area contributed by atoms with Crippen LogP contribution in [0.3, 0.4) is 0 Å². The minimum atomic E-state index is -4.71. The van der Waals surface area contributed by atoms with Crippen molar-refractivity contribution in [2.24, 2.45) is 5.92 Å². The molecule has 1 N–H and O–H groups in total. The largest absolute Gasteiger partial charge is 0.435 e. The highest BCUT2D eigenvalue weighted by atomic mass is 19.4. The number of nitrogens with one attached hydrogen (secondary N) is 1. The van der Waals surface area contributed by atoms with Gasteiger partial charge in [-0.05, 0) is 67.6 Å². The van der Waals surface area contributed by atoms with Crippen LogP contribution in [0.1, 0.15) is 52.9 Å². The molecular weight excluding hydrogens is 499 g/mol. The van der Waals surface area contributed by atoms with Gasteiger partial charge in [0.25, 0.3) is 5.91 Å². The lowest BCUT2D eigenvalue weighted by Gasteiger charge is -2.37. The van der Waals surface area contributed by atoms with Gasteiger partial charge in [-0.2, -0.15) is 18.3 Å². The van der Waals surface area contributed by atoms with Gasteiger partial charge in [0.05, 0.1) is 24.3 Å². The van der Waals surface area contributed by atoms with Gasteiger partial charge in [-0.25, -0.2) is 4.98 Å². The van der Waals surface area contributed by atoms with Crippen molar-refractivity contribution in [2.75, 3.05) is 30.0 Å². The molecule has 11 heteroatoms. The number of alkyl halides is 3. The fraction of sp³-hybridized carbons (Fsp3) is 0.370. The zero-order chi connectivity index (χ0) is 27.0. The number of benzene rings is 1. The Balaban J connectivity index is 1.48. The third-order valence-corrected chi connectivity index (χ3v) is 7.05. The number of nitrogens with zero attached hydrogens (tertiary/aromatic N) is 4. The summed E-state index contributed by atoms with van der Waals surface area (Å²) in [6, 6.07) is 7.98. The second-order valence-corrected chi connectivity index (χ2v) is 9.46. The second-order valence-electron chi connectivity index (χ2n) is 9.46. The third-order valence-electron chi connectivity index (χ3n) is 7.05. The zero-order valence-corrected chi connectivity index (χ0v) is 20.9. The normalized spacial score (nSPS) is 19.4. The van der Waals surface area contributed by atoms with Crippen LogP contribution in [-0.2, 0) is 15.7 Å². The molecule has 1 fully saturated rings. The minimum Gasteiger partial charge on any atom is -0.381 e. The van der Waals surface area contributed by atoms with Gasteiger partial charge in [0, 0.05) is 36.5 Å². The molecule has 1 saturated heterocycles. The van der Waals surface area contributed by atoms with Crippen molar-refractivity contribution >= 4 is 23.3 Å². The van der Waals surface area contributed by atoms with E-state index >= 15 is 0 Å². The number of carbonyl (C=O) groups is 2. The molecule has 0 radical (unpaired) electrons. The van der Waals surface area contributed by atoms with Crippen molar-refractivity contribution in [3.8, 4) is 11.1 Å². The van der Waals surface area contributed by atoms with E-state index in [0.29, 0.717) is 37.3 Å². The summed E-state index contributed by atoms with van der Waals surface area (Å²) in [6.45, 7) is 5.34. The molecule has 2 aromatic heterocycles. The van der Waals surface area contributed by atoms with Crippen molar-refractivity contribution in [2.45, 2.75) is 38.8 Å². The fourth-order valence-corrected chi connectivity index (χ4v) is 5.12. The quantitative estimate of drug-likeness (QED) is 0.515. The van der Waals surface area contributed by atoms with Crippen LogP contribution in [0.25, 0.3) is 11.1 Å². The molecule has 38 heavy (non-hydrogen) atoms. The number of hydrogen-bond acceptors (Lipinski definition) is 6. The van der Waals surface area contributed by atoms with Crippen LogP contribution >= 0.6 is 0 Å². The Bertz CT molecular complexity index is 1390. The Morgan fingerprint density at radius 3 is 2.76 bits per heavy atom. The van der Waals surface area contributed by atoms with Gasteiger partial charge in [-0.15, -0.1) is 5.10 Å². The molecular formula is C27H26F3N5O3. The Labute approximate surface area is 217 Å². The molecule has 4 heterocycles. The Morgan fingerprint density at radius 1 is 1.18 bits per heavy atom. The first-order valence-corrected chi connectivity index (χ1v) is 12.4. The maximum absolute atomic E-state index is 13.2. The van der Waals surface area contributed by atoms with E-state index in [9.17, 15) is 22.8 Å². The van der Waals surface area contributed by atoms with Crippen LogP contribution in [-0.4, -0.2) is 46.8 Å². The lowest BCUT2D eigenvalue weighted by molar-refractivity contribution is -0.141. The van der Waals surface area contributed by atoms with Gasteiger partial charge in [0.2, 0.25) is 5.91 Å². The van der Waals surface area contributed by atoms with Crippen LogP contribution in [0.5, 0.6) is 0 Å². The van der Waals surface area contributed by atoms with Crippen molar-refractivity contribution in [1.29, 1.82) is 0 Å². The Kier molecular flexibility index (Phi) is 6.87. The summed E-state index contributed by atoms with van der Waals surface area (Å²) in [5.41, 5.74) is 2.46. The lowest BCUT2D eigenvalue weighted by atomic mass is 9.79. The fourth-order valence-electron chi connectivity index (χ4n) is 5.12. The van der Waals surface area contributed by atoms with E-state index in [-0.39, 0.29) is 23.3 Å². The summed E-state index contributed by atoms with van der Waals surface area (Å²) in [5, 5.41) is 9.02. The highest BCUT2D eigenvalue weighted by molar-refractivity contribution is 6.04. The van der Waals surface area contributed by atoms with E-state index in [1.54, 1.807) is 23.2 Å². The molecule has 0 bridgehead atoms. The summed E-state index contributed by atoms with van der Waals surface area (Å²) in [6.07, 6.45) is -0.342. The van der Waals surface area contributed by atoms with Crippen LogP contribution in [0.4, 0.5) is 24.7 Å². The number of hydrogen-bond donors (Lipinski definition) is 1. The number of fused-ring (bicyclic) bond motifs is 3. The number of aryl methyl sites for hydroxylation is 1. The van der Waals surface area contributed by atoms with Gasteiger partial charge < -0.3 is 10.1 Å². The standard InChI is InChI=1S/C27H26F3N5O3/c1-3-35-24-21(19-5-4-8-38-14-22(19)26(35)37)9-16(12-31-24)20-11-18(7-6-15(20)2)33-25(36)17-10-23(27(28,29)30)34-32-13-17/h6-7,9-13,19,22H,3-5,8,14H2,1-2H3,(H,33,36)/t19-,22+/m0/s1. The topological polar surface area (TPSA) is 97.3 Å². The van der Waals surface area contributed by atoms with E-state index in [1.807, 2.05) is 19.9 Å². The van der Waals surface area contributed by atoms with Gasteiger partial charge in [-0.1, -0.05) is 6.07 Å². The Morgan fingerprint density at radius 2 is 2.00 bits per heavy atom. The minimum absolute atomic E-state index is 0.000426. The van der Waals surface area contributed by atoms with Crippen molar-refractivity contribution < 1.29 is 27.5 Å². The zero-order valence-electron chi connectivity index (χ0n) is 20.9. The number of amides is 2. The summed E-state index contributed by atoms with van der Waals surface area (Å²) >= 11 is 0. The van der Waals surface area contributed by atoms with E-state index < -0.39 is 17.8 Å². The number of anilines is 2. The van der Waals surface area contributed by atoms with E-state index in [0.717, 1.165) is 41.3 Å². The van der Waals surface area contributed by atoms with Crippen LogP contribution in [0.15, 0.2) is 42.7 Å². The first-order chi connectivity index (χ1) is 18.2. The average molecular weight is 526 g/mol. The number of aromatic nitrogens is 3. The highest BCUT2D eigenvalue weighted by Crippen LogP contribution is 2.44. The smallest absolute Gasteiger partial charge is 0.381 e. The monoisotopic (exact) mass is 525 g/mol. The van der Waals surface area contributed by atoms with Gasteiger partial charge in [0.1, 0.15) is 5.82 Å². The van der Waals surface area contributed by atoms with Crippen molar-refractivity contribution in [3.63, 3.8) is 0 Å². The summed E-state index contributed by atoms with van der Waals surface area (Å²) in [4.78, 5) is 32.2. The molecule has 3 aromatic rings. The molecule has 8 nitrogen and oxygen atoms in total. The summed E-state index contributed by atoms with van der Waals surface area (Å²) < 4.78 is 44.7. The highest BCUT2D eigenvalue weighted by Gasteiger charge is 2.41. The average Bonchev–Trinajstić information content (AvgIpc) is 3.16. The molecule has 5 rings (SSSR count). The molecule has 0 aliphatic carbocycles. The number of ether oxygens (including phenoxy) is 1. The van der Waals surface area contributed by atoms with E-state index in [1.165, 1.54) is 0 Å². The number of rotatable bonds is 4. The number of halogens is 3. The molecule has 0 unspecified atom stereocenters. The van der Waals surface area contributed by atoms with Crippen molar-refractivity contribution in [1.82, 2.24) is 15.2 Å². The first kappa shape index (κ1) is 25.8. The summed E-state index contributed by atoms with van der Waals surface area (Å²) in [5.74, 6) is -0.295. The molecule has 2 atom stereocenters. The number of pyridine rings is 1.